The number of amides is 2. The molecule has 3 aliphatic rings. The van der Waals surface area contributed by atoms with Gasteiger partial charge in [-0.2, -0.15) is 0 Å². The molecule has 9 heteroatoms. The Balaban J connectivity index is 1.41. The summed E-state index contributed by atoms with van der Waals surface area (Å²) in [7, 11) is 0. The maximum atomic E-state index is 14.1. The number of rotatable bonds is 5. The first-order valence-electron chi connectivity index (χ1n) is 10.3. The van der Waals surface area contributed by atoms with Gasteiger partial charge in [-0.25, -0.2) is 13.5 Å². The summed E-state index contributed by atoms with van der Waals surface area (Å²) >= 11 is 0. The van der Waals surface area contributed by atoms with E-state index in [1.54, 1.807) is 4.90 Å². The molecule has 154 valence electrons. The fraction of sp³-hybridized carbons (Fsp3) is 0.789. The Hall–Kier alpha value is -2.06. The van der Waals surface area contributed by atoms with Crippen LogP contribution in [-0.4, -0.2) is 68.2 Å². The van der Waals surface area contributed by atoms with E-state index in [0.717, 1.165) is 38.5 Å². The van der Waals surface area contributed by atoms with Gasteiger partial charge in [-0.1, -0.05) is 18.1 Å². The molecule has 0 unspecified atom stereocenters. The van der Waals surface area contributed by atoms with E-state index in [0.29, 0.717) is 25.4 Å². The second kappa shape index (κ2) is 7.75. The number of aromatic nitrogens is 3. The molecule has 2 amide bonds. The number of halogens is 2. The number of nitrogens with zero attached hydrogens (tertiary/aromatic N) is 5. The largest absolute Gasteiger partial charge is 0.337 e. The Bertz CT molecular complexity index is 726. The Morgan fingerprint density at radius 3 is 2.57 bits per heavy atom. The average Bonchev–Trinajstić information content (AvgIpc) is 3.42. The lowest BCUT2D eigenvalue weighted by atomic mass is 10.0. The van der Waals surface area contributed by atoms with Gasteiger partial charge in [0.15, 0.2) is 5.69 Å². The molecule has 3 heterocycles. The van der Waals surface area contributed by atoms with Crippen molar-refractivity contribution in [3.05, 3.63) is 11.9 Å². The zero-order chi connectivity index (χ0) is 19.7. The van der Waals surface area contributed by atoms with E-state index in [2.05, 4.69) is 10.3 Å². The number of carbonyl (C=O) groups excluding carboxylic acids is 2. The molecular weight excluding hydrogens is 368 g/mol. The number of carbonyl (C=O) groups is 2. The highest BCUT2D eigenvalue weighted by Crippen LogP contribution is 2.35. The van der Waals surface area contributed by atoms with Crippen molar-refractivity contribution in [1.29, 1.82) is 0 Å². The predicted molar refractivity (Wildman–Crippen MR) is 96.8 cm³/mol. The Labute approximate surface area is 163 Å². The third kappa shape index (κ3) is 4.17. The van der Waals surface area contributed by atoms with Crippen molar-refractivity contribution in [3.8, 4) is 0 Å². The summed E-state index contributed by atoms with van der Waals surface area (Å²) in [4.78, 5) is 28.1. The molecule has 0 bridgehead atoms. The maximum absolute atomic E-state index is 14.1. The van der Waals surface area contributed by atoms with E-state index in [-0.39, 0.29) is 30.5 Å². The predicted octanol–water partition coefficient (Wildman–Crippen LogP) is 2.33. The summed E-state index contributed by atoms with van der Waals surface area (Å²) in [6.07, 6.45) is 7.69. The van der Waals surface area contributed by atoms with Gasteiger partial charge in [0.2, 0.25) is 5.91 Å². The summed E-state index contributed by atoms with van der Waals surface area (Å²) in [5.41, 5.74) is 0.232. The first-order valence-corrected chi connectivity index (χ1v) is 10.3. The van der Waals surface area contributed by atoms with Gasteiger partial charge in [0.25, 0.3) is 11.8 Å². The third-order valence-electron chi connectivity index (χ3n) is 6.18. The molecule has 0 radical (unpaired) electrons. The molecule has 1 aliphatic carbocycles. The topological polar surface area (TPSA) is 71.3 Å². The highest BCUT2D eigenvalue weighted by Gasteiger charge is 2.47. The van der Waals surface area contributed by atoms with Crippen LogP contribution in [0.5, 0.6) is 0 Å². The van der Waals surface area contributed by atoms with Crippen molar-refractivity contribution in [2.24, 2.45) is 5.92 Å². The molecule has 2 saturated heterocycles. The van der Waals surface area contributed by atoms with Crippen molar-refractivity contribution in [3.63, 3.8) is 0 Å². The molecule has 1 aromatic rings. The summed E-state index contributed by atoms with van der Waals surface area (Å²) in [5.74, 6) is -2.93. The van der Waals surface area contributed by atoms with Gasteiger partial charge < -0.3 is 9.80 Å². The summed E-state index contributed by atoms with van der Waals surface area (Å²) in [5, 5.41) is 7.88. The van der Waals surface area contributed by atoms with Crippen LogP contribution < -0.4 is 0 Å². The van der Waals surface area contributed by atoms with Crippen molar-refractivity contribution >= 4 is 11.8 Å². The third-order valence-corrected chi connectivity index (χ3v) is 6.18. The van der Waals surface area contributed by atoms with Crippen LogP contribution in [0.4, 0.5) is 8.78 Å². The molecule has 1 saturated carbocycles. The fourth-order valence-corrected chi connectivity index (χ4v) is 4.72. The molecule has 0 N–H and O–H groups in total. The number of likely N-dealkylation sites (tertiary alicyclic amines) is 2. The average molecular weight is 395 g/mol. The standard InChI is InChI=1S/C19H27F2N5O2/c20-19(21)10-15(26(13-19)17(27)9-14-5-1-2-6-14)11-25-12-16(22-23-25)18(28)24-7-3-4-8-24/h12,14-15H,1-11,13H2/t15-/m0/s1. The Morgan fingerprint density at radius 2 is 1.86 bits per heavy atom. The zero-order valence-corrected chi connectivity index (χ0v) is 16.0. The van der Waals surface area contributed by atoms with Gasteiger partial charge in [0.1, 0.15) is 0 Å². The molecule has 4 rings (SSSR count). The number of alkyl halides is 2. The molecule has 1 aromatic heterocycles. The Kier molecular flexibility index (Phi) is 5.33. The SMILES string of the molecule is O=C(c1cn(C[C@@H]2CC(F)(F)CN2C(=O)CC2CCCC2)nn1)N1CCCC1. The lowest BCUT2D eigenvalue weighted by molar-refractivity contribution is -0.134. The van der Waals surface area contributed by atoms with Crippen LogP contribution in [0.3, 0.4) is 0 Å². The minimum atomic E-state index is -2.88. The van der Waals surface area contributed by atoms with Gasteiger partial charge >= 0.3 is 0 Å². The van der Waals surface area contributed by atoms with Crippen LogP contribution in [0, 0.1) is 5.92 Å². The minimum absolute atomic E-state index is 0.131. The molecule has 1 atom stereocenters. The van der Waals surface area contributed by atoms with E-state index < -0.39 is 18.5 Å². The van der Waals surface area contributed by atoms with Gasteiger partial charge in [-0.3, -0.25) is 9.59 Å². The van der Waals surface area contributed by atoms with Crippen LogP contribution >= 0.6 is 0 Å². The molecule has 2 aliphatic heterocycles. The summed E-state index contributed by atoms with van der Waals surface area (Å²) in [6, 6.07) is -0.625. The normalized spacial score (nSPS) is 25.0. The maximum Gasteiger partial charge on any atom is 0.276 e. The van der Waals surface area contributed by atoms with E-state index in [4.69, 9.17) is 0 Å². The number of hydrogen-bond acceptors (Lipinski definition) is 4. The summed E-state index contributed by atoms with van der Waals surface area (Å²) in [6.45, 7) is 1.03. The fourth-order valence-electron chi connectivity index (χ4n) is 4.72. The molecule has 0 spiro atoms. The van der Waals surface area contributed by atoms with Crippen LogP contribution in [0.2, 0.25) is 0 Å². The summed E-state index contributed by atoms with van der Waals surface area (Å²) < 4.78 is 29.5. The van der Waals surface area contributed by atoms with Gasteiger partial charge in [-0.05, 0) is 31.6 Å². The van der Waals surface area contributed by atoms with Crippen LogP contribution in [-0.2, 0) is 11.3 Å². The number of hydrogen-bond donors (Lipinski definition) is 0. The molecule has 3 fully saturated rings. The molecular formula is C19H27F2N5O2. The highest BCUT2D eigenvalue weighted by atomic mass is 19.3. The van der Waals surface area contributed by atoms with Gasteiger partial charge in [0, 0.05) is 25.9 Å². The Morgan fingerprint density at radius 1 is 1.14 bits per heavy atom. The lowest BCUT2D eigenvalue weighted by Crippen LogP contribution is -2.39. The van der Waals surface area contributed by atoms with Crippen molar-refractivity contribution < 1.29 is 18.4 Å². The first kappa shape index (κ1) is 19.3. The highest BCUT2D eigenvalue weighted by molar-refractivity contribution is 5.92. The molecule has 0 aromatic carbocycles. The zero-order valence-electron chi connectivity index (χ0n) is 16.0. The second-order valence-electron chi connectivity index (χ2n) is 8.42. The molecule has 7 nitrogen and oxygen atoms in total. The lowest BCUT2D eigenvalue weighted by Gasteiger charge is -2.25. The van der Waals surface area contributed by atoms with E-state index >= 15 is 0 Å². The van der Waals surface area contributed by atoms with Crippen molar-refractivity contribution in [2.45, 2.75) is 69.9 Å². The van der Waals surface area contributed by atoms with E-state index in [9.17, 15) is 18.4 Å². The van der Waals surface area contributed by atoms with Crippen LogP contribution in [0.15, 0.2) is 6.20 Å². The van der Waals surface area contributed by atoms with E-state index in [1.807, 2.05) is 0 Å². The smallest absolute Gasteiger partial charge is 0.276 e. The quantitative estimate of drug-likeness (QED) is 0.767. The van der Waals surface area contributed by atoms with Gasteiger partial charge in [0.05, 0.1) is 25.3 Å². The molecule has 28 heavy (non-hydrogen) atoms. The second-order valence-corrected chi connectivity index (χ2v) is 8.42. The minimum Gasteiger partial charge on any atom is -0.337 e. The van der Waals surface area contributed by atoms with Crippen LogP contribution in [0.1, 0.15) is 61.9 Å². The van der Waals surface area contributed by atoms with Gasteiger partial charge in [-0.15, -0.1) is 5.10 Å². The monoisotopic (exact) mass is 395 g/mol. The van der Waals surface area contributed by atoms with Crippen LogP contribution in [0.25, 0.3) is 0 Å². The van der Waals surface area contributed by atoms with Crippen molar-refractivity contribution in [2.75, 3.05) is 19.6 Å². The van der Waals surface area contributed by atoms with Crippen molar-refractivity contribution in [1.82, 2.24) is 24.8 Å². The van der Waals surface area contributed by atoms with E-state index in [1.165, 1.54) is 15.8 Å². The first-order chi connectivity index (χ1) is 13.4.